The Bertz CT molecular complexity index is 1830. The van der Waals surface area contributed by atoms with Gasteiger partial charge in [0, 0.05) is 49.5 Å². The Hall–Kier alpha value is -3.76. The SMILES string of the molecule is Cc1ccc(-c2nc3cc(F)ccc3n2C(C)C)cc1NC(=O)N1CCN(S(=O)(=O)c2c(C)cc(C(C)(C)C)cc2C)CC1. The van der Waals surface area contributed by atoms with Gasteiger partial charge in [-0.15, -0.1) is 0 Å². The van der Waals surface area contributed by atoms with Crippen molar-refractivity contribution in [2.75, 3.05) is 31.5 Å². The van der Waals surface area contributed by atoms with Crippen LogP contribution in [0.1, 0.15) is 62.9 Å². The number of amides is 2. The van der Waals surface area contributed by atoms with Gasteiger partial charge in [0.15, 0.2) is 0 Å². The fraction of sp³-hybridized carbons (Fsp3) is 0.412. The van der Waals surface area contributed by atoms with E-state index in [1.165, 1.54) is 16.4 Å². The van der Waals surface area contributed by atoms with Crippen molar-refractivity contribution in [1.82, 2.24) is 18.8 Å². The molecular formula is C34H42FN5O3S. The zero-order valence-corrected chi connectivity index (χ0v) is 27.6. The van der Waals surface area contributed by atoms with Crippen LogP contribution in [0, 0.1) is 26.6 Å². The van der Waals surface area contributed by atoms with Crippen LogP contribution in [0.25, 0.3) is 22.4 Å². The molecule has 234 valence electrons. The molecule has 2 heterocycles. The lowest BCUT2D eigenvalue weighted by Crippen LogP contribution is -2.51. The number of hydrogen-bond donors (Lipinski definition) is 1. The summed E-state index contributed by atoms with van der Waals surface area (Å²) in [7, 11) is -3.72. The van der Waals surface area contributed by atoms with E-state index in [9.17, 15) is 17.6 Å². The smallest absolute Gasteiger partial charge is 0.321 e. The molecule has 0 atom stereocenters. The Labute approximate surface area is 259 Å². The Morgan fingerprint density at radius 1 is 0.909 bits per heavy atom. The summed E-state index contributed by atoms with van der Waals surface area (Å²) in [4.78, 5) is 20.1. The summed E-state index contributed by atoms with van der Waals surface area (Å²) in [6.07, 6.45) is 0. The van der Waals surface area contributed by atoms with Crippen molar-refractivity contribution in [3.05, 3.63) is 76.6 Å². The van der Waals surface area contributed by atoms with E-state index in [2.05, 4.69) is 30.7 Å². The second kappa shape index (κ2) is 11.6. The summed E-state index contributed by atoms with van der Waals surface area (Å²) in [6.45, 7) is 17.0. The molecule has 1 aliphatic rings. The molecule has 44 heavy (non-hydrogen) atoms. The van der Waals surface area contributed by atoms with Gasteiger partial charge >= 0.3 is 6.03 Å². The minimum atomic E-state index is -3.72. The molecule has 1 fully saturated rings. The molecule has 0 aliphatic carbocycles. The first-order valence-corrected chi connectivity index (χ1v) is 16.5. The van der Waals surface area contributed by atoms with E-state index >= 15 is 0 Å². The van der Waals surface area contributed by atoms with Gasteiger partial charge in [-0.2, -0.15) is 4.31 Å². The fourth-order valence-corrected chi connectivity index (χ4v) is 7.77. The van der Waals surface area contributed by atoms with Gasteiger partial charge in [-0.25, -0.2) is 22.6 Å². The molecule has 1 aromatic heterocycles. The van der Waals surface area contributed by atoms with Crippen LogP contribution >= 0.6 is 0 Å². The summed E-state index contributed by atoms with van der Waals surface area (Å²) in [5.41, 5.74) is 6.22. The van der Waals surface area contributed by atoms with Gasteiger partial charge < -0.3 is 14.8 Å². The van der Waals surface area contributed by atoms with Gasteiger partial charge in [0.05, 0.1) is 15.9 Å². The first-order valence-electron chi connectivity index (χ1n) is 15.0. The van der Waals surface area contributed by atoms with E-state index in [0.29, 0.717) is 21.9 Å². The molecule has 10 heteroatoms. The number of aryl methyl sites for hydroxylation is 3. The number of halogens is 1. The normalized spacial score (nSPS) is 14.9. The number of benzene rings is 3. The third-order valence-corrected chi connectivity index (χ3v) is 10.6. The molecule has 8 nitrogen and oxygen atoms in total. The molecule has 0 spiro atoms. The van der Waals surface area contributed by atoms with Gasteiger partial charge in [-0.05, 0) is 80.5 Å². The van der Waals surface area contributed by atoms with E-state index in [1.807, 2.05) is 65.0 Å². The average molecular weight is 620 g/mol. The van der Waals surface area contributed by atoms with Gasteiger partial charge in [-0.1, -0.05) is 45.0 Å². The van der Waals surface area contributed by atoms with E-state index in [4.69, 9.17) is 4.98 Å². The molecule has 4 aromatic rings. The summed E-state index contributed by atoms with van der Waals surface area (Å²) in [6, 6.07) is 14.1. The van der Waals surface area contributed by atoms with Crippen molar-refractivity contribution >= 4 is 32.8 Å². The number of nitrogens with one attached hydrogen (secondary N) is 1. The van der Waals surface area contributed by atoms with Crippen LogP contribution in [-0.4, -0.2) is 59.4 Å². The number of carbonyl (C=O) groups is 1. The van der Waals surface area contributed by atoms with Crippen LogP contribution in [0.2, 0.25) is 0 Å². The second-order valence-corrected chi connectivity index (χ2v) is 14.9. The maximum atomic E-state index is 13.9. The van der Waals surface area contributed by atoms with Crippen molar-refractivity contribution in [2.45, 2.75) is 71.7 Å². The van der Waals surface area contributed by atoms with Crippen LogP contribution in [-0.2, 0) is 15.4 Å². The number of piperazine rings is 1. The number of anilines is 1. The number of aromatic nitrogens is 2. The van der Waals surface area contributed by atoms with Crippen molar-refractivity contribution < 1.29 is 17.6 Å². The number of fused-ring (bicyclic) bond motifs is 1. The van der Waals surface area contributed by atoms with E-state index in [1.54, 1.807) is 11.0 Å². The van der Waals surface area contributed by atoms with Crippen LogP contribution < -0.4 is 5.32 Å². The van der Waals surface area contributed by atoms with Crippen molar-refractivity contribution in [1.29, 1.82) is 0 Å². The predicted molar refractivity (Wildman–Crippen MR) is 174 cm³/mol. The molecule has 0 unspecified atom stereocenters. The first kappa shape index (κ1) is 31.7. The third kappa shape index (κ3) is 5.97. The zero-order chi connectivity index (χ0) is 32.1. The number of rotatable bonds is 5. The third-order valence-electron chi connectivity index (χ3n) is 8.36. The Morgan fingerprint density at radius 3 is 2.14 bits per heavy atom. The Kier molecular flexibility index (Phi) is 8.37. The molecule has 0 bridgehead atoms. The quantitative estimate of drug-likeness (QED) is 0.256. The summed E-state index contributed by atoms with van der Waals surface area (Å²) in [5.74, 6) is 0.349. The summed E-state index contributed by atoms with van der Waals surface area (Å²) >= 11 is 0. The molecule has 1 N–H and O–H groups in total. The standard InChI is InChI=1S/C34H42FN5O3S/c1-21(2)40-30-12-11-27(35)20-29(30)36-32(40)25-10-9-22(3)28(19-25)37-33(41)38-13-15-39(16-14-38)44(42,43)31-23(4)17-26(18-24(31)5)34(6,7)8/h9-12,17-21H,13-16H2,1-8H3,(H,37,41). The van der Waals surface area contributed by atoms with E-state index < -0.39 is 10.0 Å². The number of nitrogens with zero attached hydrogens (tertiary/aromatic N) is 4. The van der Waals surface area contributed by atoms with Crippen LogP contribution in [0.5, 0.6) is 0 Å². The van der Waals surface area contributed by atoms with E-state index in [0.717, 1.165) is 33.3 Å². The molecule has 1 saturated heterocycles. The minimum absolute atomic E-state index is 0.0800. The lowest BCUT2D eigenvalue weighted by atomic mass is 9.85. The molecule has 5 rings (SSSR count). The van der Waals surface area contributed by atoms with Crippen molar-refractivity contribution in [3.8, 4) is 11.4 Å². The number of sulfonamides is 1. The lowest BCUT2D eigenvalue weighted by Gasteiger charge is -2.35. The van der Waals surface area contributed by atoms with Crippen molar-refractivity contribution in [2.24, 2.45) is 0 Å². The Morgan fingerprint density at radius 2 is 1.55 bits per heavy atom. The molecule has 3 aromatic carbocycles. The first-order chi connectivity index (χ1) is 20.6. The zero-order valence-electron chi connectivity index (χ0n) is 26.8. The monoisotopic (exact) mass is 619 g/mol. The molecule has 0 radical (unpaired) electrons. The number of urea groups is 1. The summed E-state index contributed by atoms with van der Waals surface area (Å²) in [5, 5.41) is 3.03. The van der Waals surface area contributed by atoms with Gasteiger partial charge in [0.25, 0.3) is 0 Å². The Balaban J connectivity index is 1.32. The number of carbonyl (C=O) groups excluding carboxylic acids is 1. The highest BCUT2D eigenvalue weighted by Gasteiger charge is 2.33. The highest BCUT2D eigenvalue weighted by molar-refractivity contribution is 7.89. The largest absolute Gasteiger partial charge is 0.322 e. The summed E-state index contributed by atoms with van der Waals surface area (Å²) < 4.78 is 44.9. The van der Waals surface area contributed by atoms with Crippen LogP contribution in [0.4, 0.5) is 14.9 Å². The lowest BCUT2D eigenvalue weighted by molar-refractivity contribution is 0.184. The number of hydrogen-bond acceptors (Lipinski definition) is 4. The van der Waals surface area contributed by atoms with Gasteiger partial charge in [0.2, 0.25) is 10.0 Å². The second-order valence-electron chi connectivity index (χ2n) is 13.1. The van der Waals surface area contributed by atoms with Gasteiger partial charge in [0.1, 0.15) is 11.6 Å². The maximum absolute atomic E-state index is 13.9. The van der Waals surface area contributed by atoms with Crippen LogP contribution in [0.3, 0.4) is 0 Å². The highest BCUT2D eigenvalue weighted by Crippen LogP contribution is 2.33. The number of imidazole rings is 1. The molecule has 1 aliphatic heterocycles. The molecule has 2 amide bonds. The highest BCUT2D eigenvalue weighted by atomic mass is 32.2. The van der Waals surface area contributed by atoms with Crippen molar-refractivity contribution in [3.63, 3.8) is 0 Å². The maximum Gasteiger partial charge on any atom is 0.321 e. The minimum Gasteiger partial charge on any atom is -0.322 e. The van der Waals surface area contributed by atoms with Gasteiger partial charge in [-0.3, -0.25) is 0 Å². The van der Waals surface area contributed by atoms with E-state index in [-0.39, 0.29) is 49.5 Å². The topological polar surface area (TPSA) is 87.5 Å². The van der Waals surface area contributed by atoms with Crippen LogP contribution in [0.15, 0.2) is 53.4 Å². The predicted octanol–water partition coefficient (Wildman–Crippen LogP) is 7.18. The average Bonchev–Trinajstić information content (AvgIpc) is 3.32. The molecular weight excluding hydrogens is 577 g/mol. The fourth-order valence-electron chi connectivity index (χ4n) is 5.94. The molecule has 0 saturated carbocycles.